The fourth-order valence-corrected chi connectivity index (χ4v) is 8.36. The lowest BCUT2D eigenvalue weighted by Gasteiger charge is -2.42. The number of hydrogen-bond acceptors (Lipinski definition) is 12. The summed E-state index contributed by atoms with van der Waals surface area (Å²) in [5.74, 6) is -1.10. The average Bonchev–Trinajstić information content (AvgIpc) is 3.37. The van der Waals surface area contributed by atoms with E-state index < -0.39 is 28.9 Å². The number of nitrogens with one attached hydrogen (secondary N) is 1. The number of ether oxygens (including phenoxy) is 1. The lowest BCUT2D eigenvalue weighted by Crippen LogP contribution is -2.45. The minimum absolute atomic E-state index is 0.101. The Labute approximate surface area is 297 Å². The van der Waals surface area contributed by atoms with Crippen molar-refractivity contribution in [1.29, 1.82) is 0 Å². The molecule has 260 valence electrons. The molecule has 1 fully saturated rings. The summed E-state index contributed by atoms with van der Waals surface area (Å²) in [7, 11) is 0. The number of piperidine rings is 1. The van der Waals surface area contributed by atoms with Crippen LogP contribution in [0.15, 0.2) is 51.2 Å². The number of halogens is 1. The number of anilines is 2. The van der Waals surface area contributed by atoms with Crippen LogP contribution >= 0.6 is 23.4 Å². The first-order valence-corrected chi connectivity index (χ1v) is 17.9. The van der Waals surface area contributed by atoms with Crippen LogP contribution in [-0.2, 0) is 24.1 Å². The Morgan fingerprint density at radius 3 is 2.70 bits per heavy atom. The molecule has 0 bridgehead atoms. The quantitative estimate of drug-likeness (QED) is 0.222. The normalized spacial score (nSPS) is 17.7. The highest BCUT2D eigenvalue weighted by molar-refractivity contribution is 7.99. The number of aromatic nitrogens is 5. The summed E-state index contributed by atoms with van der Waals surface area (Å²) in [6.07, 6.45) is 6.45. The second-order valence-corrected chi connectivity index (χ2v) is 14.3. The molecule has 1 amide bonds. The summed E-state index contributed by atoms with van der Waals surface area (Å²) in [6.45, 7) is 5.43. The number of carbonyl (C=O) groups is 2. The Hall–Kier alpha value is -4.53. The number of aromatic hydroxyl groups is 1. The number of nitrogens with zero attached hydrogens (tertiary/aromatic N) is 6. The third-order valence-electron chi connectivity index (χ3n) is 9.88. The van der Waals surface area contributed by atoms with Crippen molar-refractivity contribution >= 4 is 46.7 Å². The minimum atomic E-state index is -0.822. The van der Waals surface area contributed by atoms with E-state index in [4.69, 9.17) is 32.0 Å². The van der Waals surface area contributed by atoms with Crippen molar-refractivity contribution in [2.75, 3.05) is 29.9 Å². The lowest BCUT2D eigenvalue weighted by molar-refractivity contribution is 0.0518. The van der Waals surface area contributed by atoms with Crippen molar-refractivity contribution in [3.8, 4) is 5.88 Å². The molecule has 50 heavy (non-hydrogen) atoms. The maximum absolute atomic E-state index is 13.3. The highest BCUT2D eigenvalue weighted by Crippen LogP contribution is 2.50. The fourth-order valence-electron chi connectivity index (χ4n) is 7.19. The monoisotopic (exact) mass is 716 g/mol. The van der Waals surface area contributed by atoms with E-state index in [9.17, 15) is 19.5 Å². The number of esters is 1. The van der Waals surface area contributed by atoms with E-state index in [2.05, 4.69) is 26.3 Å². The Morgan fingerprint density at radius 2 is 1.94 bits per heavy atom. The maximum atomic E-state index is 13.3. The number of amides is 1. The van der Waals surface area contributed by atoms with E-state index in [0.29, 0.717) is 53.3 Å². The van der Waals surface area contributed by atoms with E-state index in [1.807, 2.05) is 19.2 Å². The van der Waals surface area contributed by atoms with E-state index in [0.717, 1.165) is 43.4 Å². The molecule has 0 radical (unpaired) electrons. The molecule has 0 unspecified atom stereocenters. The van der Waals surface area contributed by atoms with Crippen LogP contribution < -0.4 is 21.5 Å². The molecule has 3 aliphatic rings. The lowest BCUT2D eigenvalue weighted by atomic mass is 9.73. The van der Waals surface area contributed by atoms with Gasteiger partial charge in [0.15, 0.2) is 17.1 Å². The molecule has 1 spiro atoms. The van der Waals surface area contributed by atoms with Gasteiger partial charge in [0.1, 0.15) is 10.9 Å². The van der Waals surface area contributed by atoms with E-state index in [1.165, 1.54) is 16.3 Å². The SMILES string of the molecule is CCOC(=O)c1nc(Sc2cccc(NC(=O)c3c(O)nc4n(c3=O)CCCC4)c2Cl)c(C)nc1N1CCC2(CC1)Cc1ncccc1[C@H]2N. The van der Waals surface area contributed by atoms with Gasteiger partial charge in [-0.05, 0) is 75.1 Å². The number of rotatable bonds is 7. The molecule has 15 heteroatoms. The summed E-state index contributed by atoms with van der Waals surface area (Å²) < 4.78 is 6.84. The van der Waals surface area contributed by atoms with Crippen LogP contribution in [0, 0.1) is 12.3 Å². The molecule has 3 aromatic heterocycles. The van der Waals surface area contributed by atoms with Crippen molar-refractivity contribution in [3.63, 3.8) is 0 Å². The van der Waals surface area contributed by atoms with Crippen molar-refractivity contribution in [3.05, 3.63) is 85.9 Å². The van der Waals surface area contributed by atoms with Crippen molar-refractivity contribution < 1.29 is 19.4 Å². The van der Waals surface area contributed by atoms with Crippen LogP contribution in [0.25, 0.3) is 0 Å². The van der Waals surface area contributed by atoms with Crippen LogP contribution in [0.4, 0.5) is 11.5 Å². The van der Waals surface area contributed by atoms with Gasteiger partial charge in [-0.15, -0.1) is 0 Å². The first-order valence-electron chi connectivity index (χ1n) is 16.7. The zero-order valence-corrected chi connectivity index (χ0v) is 29.3. The Balaban J connectivity index is 1.13. The number of fused-ring (bicyclic) bond motifs is 2. The number of carbonyl (C=O) groups excluding carboxylic acids is 2. The predicted molar refractivity (Wildman–Crippen MR) is 188 cm³/mol. The molecule has 0 saturated carbocycles. The average molecular weight is 717 g/mol. The maximum Gasteiger partial charge on any atom is 0.360 e. The first kappa shape index (κ1) is 33.9. The van der Waals surface area contributed by atoms with Gasteiger partial charge in [0.25, 0.3) is 11.5 Å². The second-order valence-electron chi connectivity index (χ2n) is 12.9. The van der Waals surface area contributed by atoms with Gasteiger partial charge in [-0.25, -0.2) is 14.8 Å². The summed E-state index contributed by atoms with van der Waals surface area (Å²) >= 11 is 7.97. The summed E-state index contributed by atoms with van der Waals surface area (Å²) in [5, 5.41) is 13.8. The summed E-state index contributed by atoms with van der Waals surface area (Å²) in [5.41, 5.74) is 8.70. The number of hydrogen-bond donors (Lipinski definition) is 3. The Morgan fingerprint density at radius 1 is 1.14 bits per heavy atom. The fraction of sp³-hybridized carbons (Fsp3) is 0.400. The standard InChI is InChI=1S/C35H37ClN8O5S/c1-3-49-34(48)27-29(43-16-12-35(13-17-43)18-22-20(28(35)37)8-7-14-38-22)39-19(2)32(42-27)50-23-10-6-9-21(26(23)36)40-30(45)25-31(46)41-24-11-4-5-15-44(24)33(25)47/h6-10,14,28,46H,3-5,11-13,15-18,37H2,1-2H3,(H,40,45)/t28-/m1/s1. The molecule has 1 atom stereocenters. The van der Waals surface area contributed by atoms with Crippen LogP contribution in [0.2, 0.25) is 5.02 Å². The van der Waals surface area contributed by atoms with Gasteiger partial charge < -0.3 is 25.8 Å². The molecular weight excluding hydrogens is 680 g/mol. The van der Waals surface area contributed by atoms with Crippen LogP contribution in [0.3, 0.4) is 0 Å². The predicted octanol–water partition coefficient (Wildman–Crippen LogP) is 4.85. The van der Waals surface area contributed by atoms with E-state index in [-0.39, 0.29) is 34.5 Å². The zero-order valence-electron chi connectivity index (χ0n) is 27.7. The first-order chi connectivity index (χ1) is 24.1. The molecule has 4 aromatic rings. The van der Waals surface area contributed by atoms with Gasteiger partial charge >= 0.3 is 5.97 Å². The molecular formula is C35H37ClN8O5S. The van der Waals surface area contributed by atoms with E-state index in [1.54, 1.807) is 25.1 Å². The molecule has 13 nitrogen and oxygen atoms in total. The summed E-state index contributed by atoms with van der Waals surface area (Å²) in [6, 6.07) is 8.92. The third kappa shape index (κ3) is 6.09. The van der Waals surface area contributed by atoms with Gasteiger partial charge in [0, 0.05) is 48.9 Å². The number of aryl methyl sites for hydroxylation is 2. The van der Waals surface area contributed by atoms with Crippen molar-refractivity contribution in [1.82, 2.24) is 24.5 Å². The van der Waals surface area contributed by atoms with Crippen molar-refractivity contribution in [2.24, 2.45) is 11.1 Å². The van der Waals surface area contributed by atoms with Crippen LogP contribution in [0.5, 0.6) is 5.88 Å². The van der Waals surface area contributed by atoms with Crippen LogP contribution in [0.1, 0.15) is 82.3 Å². The molecule has 1 saturated heterocycles. The summed E-state index contributed by atoms with van der Waals surface area (Å²) in [4.78, 5) is 60.6. The van der Waals surface area contributed by atoms with Gasteiger partial charge in [0.05, 0.1) is 23.0 Å². The Bertz CT molecular complexity index is 2070. The van der Waals surface area contributed by atoms with Crippen molar-refractivity contribution in [2.45, 2.75) is 74.9 Å². The second kappa shape index (κ2) is 13.6. The number of benzene rings is 1. The van der Waals surface area contributed by atoms with Gasteiger partial charge in [-0.2, -0.15) is 4.98 Å². The largest absolute Gasteiger partial charge is 0.493 e. The minimum Gasteiger partial charge on any atom is -0.493 e. The molecule has 2 aliphatic heterocycles. The molecule has 7 rings (SSSR count). The van der Waals surface area contributed by atoms with Crippen LogP contribution in [-0.4, -0.2) is 61.2 Å². The molecule has 4 N–H and O–H groups in total. The van der Waals surface area contributed by atoms with Gasteiger partial charge in [-0.3, -0.25) is 19.1 Å². The highest BCUT2D eigenvalue weighted by Gasteiger charge is 2.47. The topological polar surface area (TPSA) is 178 Å². The van der Waals surface area contributed by atoms with Gasteiger partial charge in [-0.1, -0.05) is 35.5 Å². The van der Waals surface area contributed by atoms with Gasteiger partial charge in [0.2, 0.25) is 5.88 Å². The smallest absolute Gasteiger partial charge is 0.360 e. The zero-order chi connectivity index (χ0) is 35.2. The number of nitrogens with two attached hydrogens (primary N) is 1. The Kier molecular flexibility index (Phi) is 9.26. The molecule has 1 aromatic carbocycles. The molecule has 5 heterocycles. The third-order valence-corrected chi connectivity index (χ3v) is 11.5. The highest BCUT2D eigenvalue weighted by atomic mass is 35.5. The molecule has 1 aliphatic carbocycles. The number of pyridine rings is 1. The van der Waals surface area contributed by atoms with E-state index >= 15 is 0 Å².